The van der Waals surface area contributed by atoms with Crippen LogP contribution in [0.2, 0.25) is 0 Å². The van der Waals surface area contributed by atoms with Gasteiger partial charge in [-0.05, 0) is 35.4 Å². The van der Waals surface area contributed by atoms with E-state index in [1.807, 2.05) is 37.4 Å². The SMILES string of the molecule is CN=C(NCc1cccc(-n2cncn2)c1)N(C)Cc1ccc2c(c1)OCO2. The Morgan fingerprint density at radius 3 is 2.89 bits per heavy atom. The minimum Gasteiger partial charge on any atom is -0.454 e. The highest BCUT2D eigenvalue weighted by Gasteiger charge is 2.14. The van der Waals surface area contributed by atoms with Crippen molar-refractivity contribution in [3.8, 4) is 17.2 Å². The lowest BCUT2D eigenvalue weighted by Gasteiger charge is -2.22. The van der Waals surface area contributed by atoms with E-state index in [0.717, 1.165) is 34.3 Å². The summed E-state index contributed by atoms with van der Waals surface area (Å²) in [5, 5.41) is 7.58. The van der Waals surface area contributed by atoms with Crippen LogP contribution >= 0.6 is 0 Å². The molecule has 0 fully saturated rings. The smallest absolute Gasteiger partial charge is 0.231 e. The van der Waals surface area contributed by atoms with Crippen LogP contribution in [0.1, 0.15) is 11.1 Å². The molecule has 3 aromatic rings. The van der Waals surface area contributed by atoms with E-state index in [1.54, 1.807) is 18.1 Å². The number of ether oxygens (including phenoxy) is 2. The third-order valence-corrected chi connectivity index (χ3v) is 4.47. The summed E-state index contributed by atoms with van der Waals surface area (Å²) in [6.45, 7) is 1.64. The van der Waals surface area contributed by atoms with Crippen molar-refractivity contribution in [1.82, 2.24) is 25.0 Å². The highest BCUT2D eigenvalue weighted by Crippen LogP contribution is 2.32. The third-order valence-electron chi connectivity index (χ3n) is 4.47. The van der Waals surface area contributed by atoms with Crippen molar-refractivity contribution in [3.05, 3.63) is 66.2 Å². The molecule has 0 spiro atoms. The molecule has 0 saturated carbocycles. The normalized spacial score (nSPS) is 12.9. The molecule has 28 heavy (non-hydrogen) atoms. The number of guanidine groups is 1. The quantitative estimate of drug-likeness (QED) is 0.542. The van der Waals surface area contributed by atoms with Crippen LogP contribution in [0.3, 0.4) is 0 Å². The van der Waals surface area contributed by atoms with Crippen LogP contribution in [0.4, 0.5) is 0 Å². The standard InChI is InChI=1S/C20H22N6O2/c1-21-20(25(2)11-16-6-7-18-19(9-16)28-14-27-18)23-10-15-4-3-5-17(8-15)26-13-22-12-24-26/h3-9,12-13H,10-11,14H2,1-2H3,(H,21,23). The molecule has 1 aromatic heterocycles. The molecule has 0 unspecified atom stereocenters. The van der Waals surface area contributed by atoms with Gasteiger partial charge in [0.1, 0.15) is 12.7 Å². The molecule has 0 radical (unpaired) electrons. The Morgan fingerprint density at radius 1 is 1.18 bits per heavy atom. The highest BCUT2D eigenvalue weighted by molar-refractivity contribution is 5.79. The second kappa shape index (κ2) is 7.99. The monoisotopic (exact) mass is 378 g/mol. The molecule has 2 aromatic carbocycles. The van der Waals surface area contributed by atoms with Crippen molar-refractivity contribution >= 4 is 5.96 Å². The molecule has 0 amide bonds. The summed E-state index contributed by atoms with van der Waals surface area (Å²) < 4.78 is 12.6. The molecule has 4 rings (SSSR count). The number of nitrogens with one attached hydrogen (secondary N) is 1. The number of benzene rings is 2. The minimum absolute atomic E-state index is 0.283. The maximum Gasteiger partial charge on any atom is 0.231 e. The van der Waals surface area contributed by atoms with Crippen LogP contribution in [-0.2, 0) is 13.1 Å². The topological polar surface area (TPSA) is 76.8 Å². The maximum absolute atomic E-state index is 5.46. The van der Waals surface area contributed by atoms with Crippen molar-refractivity contribution in [2.45, 2.75) is 13.1 Å². The molecule has 0 atom stereocenters. The van der Waals surface area contributed by atoms with E-state index >= 15 is 0 Å². The highest BCUT2D eigenvalue weighted by atomic mass is 16.7. The summed E-state index contributed by atoms with van der Waals surface area (Å²) in [7, 11) is 3.79. The zero-order valence-electron chi connectivity index (χ0n) is 15.9. The van der Waals surface area contributed by atoms with Gasteiger partial charge in [0.25, 0.3) is 0 Å². The molecule has 8 heteroatoms. The number of hydrogen-bond donors (Lipinski definition) is 1. The Balaban J connectivity index is 1.39. The van der Waals surface area contributed by atoms with Gasteiger partial charge < -0.3 is 19.7 Å². The van der Waals surface area contributed by atoms with Gasteiger partial charge in [-0.25, -0.2) is 9.67 Å². The second-order valence-corrected chi connectivity index (χ2v) is 6.45. The molecule has 8 nitrogen and oxygen atoms in total. The lowest BCUT2D eigenvalue weighted by Crippen LogP contribution is -2.38. The van der Waals surface area contributed by atoms with Crippen molar-refractivity contribution < 1.29 is 9.47 Å². The largest absolute Gasteiger partial charge is 0.454 e. The van der Waals surface area contributed by atoms with Gasteiger partial charge in [-0.15, -0.1) is 0 Å². The first-order chi connectivity index (χ1) is 13.7. The molecule has 1 aliphatic heterocycles. The van der Waals surface area contributed by atoms with Crippen molar-refractivity contribution in [2.24, 2.45) is 4.99 Å². The van der Waals surface area contributed by atoms with Gasteiger partial charge in [-0.3, -0.25) is 4.99 Å². The van der Waals surface area contributed by atoms with Gasteiger partial charge >= 0.3 is 0 Å². The summed E-state index contributed by atoms with van der Waals surface area (Å²) in [6.07, 6.45) is 3.21. The average Bonchev–Trinajstić information content (AvgIpc) is 3.40. The number of fused-ring (bicyclic) bond motifs is 1. The molecular formula is C20H22N6O2. The zero-order valence-corrected chi connectivity index (χ0v) is 15.9. The lowest BCUT2D eigenvalue weighted by molar-refractivity contribution is 0.174. The first kappa shape index (κ1) is 17.8. The summed E-state index contributed by atoms with van der Waals surface area (Å²) in [5.74, 6) is 2.39. The first-order valence-electron chi connectivity index (χ1n) is 8.97. The predicted octanol–water partition coefficient (Wildman–Crippen LogP) is 2.20. The Morgan fingerprint density at radius 2 is 2.07 bits per heavy atom. The fourth-order valence-corrected chi connectivity index (χ4v) is 3.10. The van der Waals surface area contributed by atoms with Gasteiger partial charge in [-0.2, -0.15) is 5.10 Å². The van der Waals surface area contributed by atoms with Crippen LogP contribution in [0.25, 0.3) is 5.69 Å². The van der Waals surface area contributed by atoms with E-state index in [1.165, 1.54) is 6.33 Å². The fraction of sp³-hybridized carbons (Fsp3) is 0.250. The molecule has 0 aliphatic carbocycles. The molecule has 0 saturated heterocycles. The molecule has 1 aliphatic rings. The first-order valence-corrected chi connectivity index (χ1v) is 8.97. The van der Waals surface area contributed by atoms with Crippen molar-refractivity contribution in [2.75, 3.05) is 20.9 Å². The van der Waals surface area contributed by atoms with Gasteiger partial charge in [0.15, 0.2) is 17.5 Å². The Labute approximate surface area is 163 Å². The average molecular weight is 378 g/mol. The molecule has 2 heterocycles. The van der Waals surface area contributed by atoms with E-state index in [0.29, 0.717) is 13.1 Å². The van der Waals surface area contributed by atoms with Gasteiger partial charge in [0.2, 0.25) is 6.79 Å². The summed E-state index contributed by atoms with van der Waals surface area (Å²) in [6, 6.07) is 14.1. The van der Waals surface area contributed by atoms with Gasteiger partial charge in [-0.1, -0.05) is 18.2 Å². The van der Waals surface area contributed by atoms with E-state index in [4.69, 9.17) is 9.47 Å². The van der Waals surface area contributed by atoms with Gasteiger partial charge in [0.05, 0.1) is 5.69 Å². The fourth-order valence-electron chi connectivity index (χ4n) is 3.10. The summed E-state index contributed by atoms with van der Waals surface area (Å²) >= 11 is 0. The van der Waals surface area contributed by atoms with Crippen molar-refractivity contribution in [3.63, 3.8) is 0 Å². The second-order valence-electron chi connectivity index (χ2n) is 6.45. The number of rotatable bonds is 5. The number of nitrogens with zero attached hydrogens (tertiary/aromatic N) is 5. The molecule has 1 N–H and O–H groups in total. The summed E-state index contributed by atoms with van der Waals surface area (Å²) in [5.41, 5.74) is 3.23. The van der Waals surface area contributed by atoms with Gasteiger partial charge in [0, 0.05) is 27.2 Å². The minimum atomic E-state index is 0.283. The van der Waals surface area contributed by atoms with Crippen LogP contribution < -0.4 is 14.8 Å². The molecular weight excluding hydrogens is 356 g/mol. The van der Waals surface area contributed by atoms with Crippen LogP contribution in [0.15, 0.2) is 60.1 Å². The van der Waals surface area contributed by atoms with E-state index in [2.05, 4.69) is 37.4 Å². The van der Waals surface area contributed by atoms with Crippen LogP contribution in [0.5, 0.6) is 11.5 Å². The van der Waals surface area contributed by atoms with Crippen LogP contribution in [-0.4, -0.2) is 46.5 Å². The molecule has 144 valence electrons. The lowest BCUT2D eigenvalue weighted by atomic mass is 10.2. The van der Waals surface area contributed by atoms with E-state index < -0.39 is 0 Å². The predicted molar refractivity (Wildman–Crippen MR) is 106 cm³/mol. The molecule has 0 bridgehead atoms. The Kier molecular flexibility index (Phi) is 5.09. The van der Waals surface area contributed by atoms with E-state index in [-0.39, 0.29) is 6.79 Å². The maximum atomic E-state index is 5.46. The Hall–Kier alpha value is -3.55. The van der Waals surface area contributed by atoms with E-state index in [9.17, 15) is 0 Å². The third kappa shape index (κ3) is 3.90. The summed E-state index contributed by atoms with van der Waals surface area (Å²) in [4.78, 5) is 10.5. The van der Waals surface area contributed by atoms with Crippen LogP contribution in [0, 0.1) is 0 Å². The zero-order chi connectivity index (χ0) is 19.3. The number of hydrogen-bond acceptors (Lipinski definition) is 5. The number of aliphatic imine (C=N–C) groups is 1. The van der Waals surface area contributed by atoms with Crippen molar-refractivity contribution in [1.29, 1.82) is 0 Å². The number of aromatic nitrogens is 3. The Bertz CT molecular complexity index is 971.